The number of carbonyl (C=O) groups excluding carboxylic acids is 2. The van der Waals surface area contributed by atoms with Gasteiger partial charge in [0.05, 0.1) is 0 Å². The first-order chi connectivity index (χ1) is 10.9. The normalized spacial score (nSPS) is 18.7. The third-order valence-electron chi connectivity index (χ3n) is 3.74. The zero-order chi connectivity index (χ0) is 16.9. The monoisotopic (exact) mass is 357 g/mol. The Kier molecular flexibility index (Phi) is 6.41. The molecule has 0 saturated carbocycles. The Labute approximate surface area is 139 Å². The summed E-state index contributed by atoms with van der Waals surface area (Å²) in [6.07, 6.45) is 1.88. The van der Waals surface area contributed by atoms with Crippen LogP contribution in [0.15, 0.2) is 30.3 Å². The molecule has 0 radical (unpaired) electrons. The van der Waals surface area contributed by atoms with Gasteiger partial charge in [-0.2, -0.15) is 0 Å². The van der Waals surface area contributed by atoms with Gasteiger partial charge in [-0.25, -0.2) is 0 Å². The van der Waals surface area contributed by atoms with Crippen LogP contribution in [0.1, 0.15) is 36.0 Å². The second-order valence-corrected chi connectivity index (χ2v) is 8.25. The highest BCUT2D eigenvalue weighted by Crippen LogP contribution is 2.47. The van der Waals surface area contributed by atoms with Crippen molar-refractivity contribution in [3.8, 4) is 0 Å². The van der Waals surface area contributed by atoms with Crippen LogP contribution in [-0.4, -0.2) is 43.8 Å². The van der Waals surface area contributed by atoms with Crippen molar-refractivity contribution >= 4 is 30.4 Å². The van der Waals surface area contributed by atoms with Gasteiger partial charge in [-0.05, 0) is 19.3 Å². The van der Waals surface area contributed by atoms with Crippen LogP contribution in [0.4, 0.5) is 0 Å². The lowest BCUT2D eigenvalue weighted by Crippen LogP contribution is -2.43. The zero-order valence-electron chi connectivity index (χ0n) is 12.6. The fraction of sp³-hybridized carbons (Fsp3) is 0.467. The molecule has 126 valence electrons. The van der Waals surface area contributed by atoms with Gasteiger partial charge in [0.15, 0.2) is 0 Å². The van der Waals surface area contributed by atoms with E-state index in [2.05, 4.69) is 0 Å². The fourth-order valence-corrected chi connectivity index (χ4v) is 4.48. The number of nitrogens with zero attached hydrogens (tertiary/aromatic N) is 1. The van der Waals surface area contributed by atoms with Gasteiger partial charge in [-0.1, -0.05) is 42.1 Å². The van der Waals surface area contributed by atoms with Gasteiger partial charge in [-0.3, -0.25) is 14.2 Å². The van der Waals surface area contributed by atoms with Crippen molar-refractivity contribution in [1.29, 1.82) is 0 Å². The van der Waals surface area contributed by atoms with Gasteiger partial charge in [-0.15, -0.1) is 0 Å². The number of hydrogen-bond acceptors (Lipinski definition) is 4. The van der Waals surface area contributed by atoms with E-state index in [0.717, 1.165) is 18.2 Å². The molecule has 6 nitrogen and oxygen atoms in total. The van der Waals surface area contributed by atoms with Crippen LogP contribution < -0.4 is 0 Å². The molecule has 1 aliphatic heterocycles. The number of hydrogen-bond donors (Lipinski definition) is 2. The molecule has 23 heavy (non-hydrogen) atoms. The first-order valence-corrected chi connectivity index (χ1v) is 10.1. The Morgan fingerprint density at radius 1 is 1.22 bits per heavy atom. The summed E-state index contributed by atoms with van der Waals surface area (Å²) in [5.74, 6) is -1.01. The van der Waals surface area contributed by atoms with Crippen molar-refractivity contribution in [2.75, 3.05) is 12.3 Å². The number of thioether (sulfide) groups is 1. The quantitative estimate of drug-likeness (QED) is 0.786. The summed E-state index contributed by atoms with van der Waals surface area (Å²) in [5, 5.41) is -0.108. The molecule has 1 atom stereocenters. The molecule has 1 heterocycles. The third-order valence-corrected chi connectivity index (χ3v) is 5.96. The van der Waals surface area contributed by atoms with E-state index >= 15 is 0 Å². The summed E-state index contributed by atoms with van der Waals surface area (Å²) in [7, 11) is -4.32. The molecule has 1 unspecified atom stereocenters. The van der Waals surface area contributed by atoms with Crippen LogP contribution in [0.2, 0.25) is 0 Å². The van der Waals surface area contributed by atoms with Gasteiger partial charge in [0, 0.05) is 24.3 Å². The lowest BCUT2D eigenvalue weighted by molar-refractivity contribution is -0.133. The molecular formula is C15H20NO5PS. The Balaban J connectivity index is 1.86. The molecule has 1 aromatic carbocycles. The van der Waals surface area contributed by atoms with Gasteiger partial charge >= 0.3 is 7.60 Å². The van der Waals surface area contributed by atoms with Crippen molar-refractivity contribution in [2.24, 2.45) is 0 Å². The number of carbonyl (C=O) groups is 2. The molecule has 0 spiro atoms. The summed E-state index contributed by atoms with van der Waals surface area (Å²) in [5.41, 5.74) is 0.580. The Bertz CT molecular complexity index is 603. The van der Waals surface area contributed by atoms with E-state index in [1.165, 1.54) is 4.90 Å². The van der Waals surface area contributed by atoms with Crippen LogP contribution in [0.25, 0.3) is 0 Å². The topological polar surface area (TPSA) is 94.9 Å². The standard InChI is InChI=1S/C15H20NO5PS/c17-13(16-10-5-4-8-14(16)22(19,20)21)9-11-23-15(18)12-6-2-1-3-7-12/h1-3,6-7,14H,4-5,8-11H2,(H2,19,20,21). The molecule has 1 amide bonds. The number of amides is 1. The maximum Gasteiger partial charge on any atom is 0.347 e. The number of benzene rings is 1. The maximum absolute atomic E-state index is 12.2. The number of piperidine rings is 1. The number of rotatable bonds is 5. The highest BCUT2D eigenvalue weighted by atomic mass is 32.2. The van der Waals surface area contributed by atoms with Gasteiger partial charge in [0.25, 0.3) is 0 Å². The van der Waals surface area contributed by atoms with Gasteiger partial charge in [0.1, 0.15) is 5.78 Å². The minimum Gasteiger partial charge on any atom is -0.328 e. The largest absolute Gasteiger partial charge is 0.347 e. The molecule has 1 saturated heterocycles. The highest BCUT2D eigenvalue weighted by Gasteiger charge is 2.38. The lowest BCUT2D eigenvalue weighted by Gasteiger charge is -2.35. The molecule has 1 aromatic rings. The molecule has 2 rings (SSSR count). The molecule has 2 N–H and O–H groups in total. The first-order valence-electron chi connectivity index (χ1n) is 7.46. The minimum atomic E-state index is -4.32. The Morgan fingerprint density at radius 3 is 2.57 bits per heavy atom. The Morgan fingerprint density at radius 2 is 1.91 bits per heavy atom. The maximum atomic E-state index is 12.2. The van der Waals surface area contributed by atoms with E-state index in [9.17, 15) is 23.9 Å². The van der Waals surface area contributed by atoms with Crippen molar-refractivity contribution < 1.29 is 23.9 Å². The molecule has 0 aliphatic carbocycles. The van der Waals surface area contributed by atoms with E-state index in [-0.39, 0.29) is 17.4 Å². The average Bonchev–Trinajstić information content (AvgIpc) is 2.54. The molecular weight excluding hydrogens is 337 g/mol. The van der Waals surface area contributed by atoms with E-state index in [0.29, 0.717) is 30.7 Å². The van der Waals surface area contributed by atoms with Gasteiger partial charge < -0.3 is 14.7 Å². The van der Waals surface area contributed by atoms with Gasteiger partial charge in [0.2, 0.25) is 11.0 Å². The molecule has 1 fully saturated rings. The molecule has 8 heteroatoms. The summed E-state index contributed by atoms with van der Waals surface area (Å²) in [6.45, 7) is 0.367. The second-order valence-electron chi connectivity index (χ2n) is 5.40. The average molecular weight is 357 g/mol. The molecule has 0 bridgehead atoms. The summed E-state index contributed by atoms with van der Waals surface area (Å²) < 4.78 is 11.5. The van der Waals surface area contributed by atoms with Crippen molar-refractivity contribution in [3.63, 3.8) is 0 Å². The van der Waals surface area contributed by atoms with E-state index < -0.39 is 13.4 Å². The minimum absolute atomic E-state index is 0.0970. The SMILES string of the molecule is O=C(SCCC(=O)N1CCCCC1P(=O)(O)O)c1ccccc1. The molecule has 1 aliphatic rings. The summed E-state index contributed by atoms with van der Waals surface area (Å²) in [4.78, 5) is 44.2. The predicted molar refractivity (Wildman–Crippen MR) is 89.2 cm³/mol. The van der Waals surface area contributed by atoms with Crippen LogP contribution >= 0.6 is 19.4 Å². The van der Waals surface area contributed by atoms with Crippen molar-refractivity contribution in [2.45, 2.75) is 31.5 Å². The third kappa shape index (κ3) is 5.18. The zero-order valence-corrected chi connectivity index (χ0v) is 14.3. The van der Waals surface area contributed by atoms with E-state index in [1.807, 2.05) is 6.07 Å². The van der Waals surface area contributed by atoms with Crippen molar-refractivity contribution in [3.05, 3.63) is 35.9 Å². The molecule has 0 aromatic heterocycles. The van der Waals surface area contributed by atoms with Crippen LogP contribution in [0, 0.1) is 0 Å². The smallest absolute Gasteiger partial charge is 0.328 e. The highest BCUT2D eigenvalue weighted by molar-refractivity contribution is 8.14. The van der Waals surface area contributed by atoms with Crippen LogP contribution in [-0.2, 0) is 9.36 Å². The van der Waals surface area contributed by atoms with Crippen molar-refractivity contribution in [1.82, 2.24) is 4.90 Å². The number of likely N-dealkylation sites (tertiary alicyclic amines) is 1. The van der Waals surface area contributed by atoms with E-state index in [1.54, 1.807) is 24.3 Å². The lowest BCUT2D eigenvalue weighted by atomic mass is 10.1. The summed E-state index contributed by atoms with van der Waals surface area (Å²) >= 11 is 1.05. The van der Waals surface area contributed by atoms with E-state index in [4.69, 9.17) is 0 Å². The Hall–Kier alpha value is -1.14. The second kappa shape index (κ2) is 8.11. The fourth-order valence-electron chi connectivity index (χ4n) is 2.59. The van der Waals surface area contributed by atoms with Crippen LogP contribution in [0.5, 0.6) is 0 Å². The van der Waals surface area contributed by atoms with Crippen LogP contribution in [0.3, 0.4) is 0 Å². The first kappa shape index (κ1) is 18.2. The summed E-state index contributed by atoms with van der Waals surface area (Å²) in [6, 6.07) is 8.80. The predicted octanol–water partition coefficient (Wildman–Crippen LogP) is 2.47.